The smallest absolute Gasteiger partial charge is 0.225 e. The van der Waals surface area contributed by atoms with Gasteiger partial charge in [0.1, 0.15) is 0 Å². The van der Waals surface area contributed by atoms with E-state index in [2.05, 4.69) is 0 Å². The molecule has 0 fully saturated rings. The summed E-state index contributed by atoms with van der Waals surface area (Å²) in [6, 6.07) is 32.9. The molecule has 2 atom stereocenters. The first kappa shape index (κ1) is 21.2. The van der Waals surface area contributed by atoms with Crippen molar-refractivity contribution in [2.45, 2.75) is 0 Å². The van der Waals surface area contributed by atoms with Gasteiger partial charge in [0.25, 0.3) is 0 Å². The van der Waals surface area contributed by atoms with Gasteiger partial charge < -0.3 is 0 Å². The Morgan fingerprint density at radius 3 is 0.967 bits per heavy atom. The molecule has 2 nitrogen and oxygen atoms in total. The lowest BCUT2D eigenvalue weighted by Gasteiger charge is -2.13. The third-order valence-electron chi connectivity index (χ3n) is 4.91. The Hall–Kier alpha value is -2.08. The molecule has 0 radical (unpaired) electrons. The Morgan fingerprint density at radius 2 is 0.667 bits per heavy atom. The molecule has 6 heteroatoms. The summed E-state index contributed by atoms with van der Waals surface area (Å²) in [4.78, 5) is 0. The molecule has 0 aromatic heterocycles. The summed E-state index contributed by atoms with van der Waals surface area (Å²) in [7, 11) is 0. The molecular weight excluding hydrogens is 453 g/mol. The van der Waals surface area contributed by atoms with Crippen LogP contribution < -0.4 is 21.2 Å². The Kier molecular flexibility index (Phi) is 6.05. The number of hydrogen-bond donors (Lipinski definition) is 0. The van der Waals surface area contributed by atoms with Crippen molar-refractivity contribution in [3.8, 4) is 11.1 Å². The summed E-state index contributed by atoms with van der Waals surface area (Å²) < 4.78 is 26.1. The maximum Gasteiger partial charge on any atom is 0.225 e. The highest BCUT2D eigenvalue weighted by molar-refractivity contribution is 8.01. The maximum atomic E-state index is 13.1. The van der Waals surface area contributed by atoms with Crippen LogP contribution in [-0.2, 0) is 9.13 Å². The first-order chi connectivity index (χ1) is 14.4. The first-order valence-corrected chi connectivity index (χ1v) is 14.5. The molecule has 0 saturated heterocycles. The van der Waals surface area contributed by atoms with E-state index in [1.807, 2.05) is 60.7 Å². The van der Waals surface area contributed by atoms with Crippen molar-refractivity contribution in [1.82, 2.24) is 0 Å². The minimum atomic E-state index is -3.15. The van der Waals surface area contributed by atoms with E-state index in [0.29, 0.717) is 21.2 Å². The van der Waals surface area contributed by atoms with Crippen molar-refractivity contribution >= 4 is 56.7 Å². The number of hydrogen-bond acceptors (Lipinski definition) is 2. The van der Waals surface area contributed by atoms with E-state index in [1.165, 1.54) is 0 Å². The van der Waals surface area contributed by atoms with Crippen LogP contribution in [0.1, 0.15) is 0 Å². The van der Waals surface area contributed by atoms with Crippen LogP contribution in [0, 0.1) is 0 Å². The van der Waals surface area contributed by atoms with E-state index < -0.39 is 13.0 Å². The molecule has 4 aromatic carbocycles. The quantitative estimate of drug-likeness (QED) is 0.321. The van der Waals surface area contributed by atoms with E-state index in [0.717, 1.165) is 11.1 Å². The van der Waals surface area contributed by atoms with E-state index in [-0.39, 0.29) is 0 Å². The largest absolute Gasteiger partial charge is 0.296 e. The lowest BCUT2D eigenvalue weighted by atomic mass is 10.1. The van der Waals surface area contributed by atoms with Crippen LogP contribution in [0.4, 0.5) is 0 Å². The van der Waals surface area contributed by atoms with Gasteiger partial charge in [-0.1, -0.05) is 84.9 Å². The fourth-order valence-electron chi connectivity index (χ4n) is 3.23. The summed E-state index contributed by atoms with van der Waals surface area (Å²) in [5.41, 5.74) is 1.89. The predicted molar refractivity (Wildman–Crippen MR) is 130 cm³/mol. The lowest BCUT2D eigenvalue weighted by Crippen LogP contribution is -2.12. The molecular formula is C24H18Cl2O2P2. The Labute approximate surface area is 185 Å². The van der Waals surface area contributed by atoms with Gasteiger partial charge in [0.15, 0.2) is 0 Å². The highest BCUT2D eigenvalue weighted by Crippen LogP contribution is 2.49. The zero-order valence-electron chi connectivity index (χ0n) is 15.9. The average molecular weight is 471 g/mol. The van der Waals surface area contributed by atoms with Crippen LogP contribution in [0.5, 0.6) is 0 Å². The molecule has 0 spiro atoms. The maximum absolute atomic E-state index is 13.1. The Morgan fingerprint density at radius 1 is 0.400 bits per heavy atom. The van der Waals surface area contributed by atoms with Crippen LogP contribution in [0.15, 0.2) is 109 Å². The van der Waals surface area contributed by atoms with Crippen LogP contribution in [0.2, 0.25) is 0 Å². The van der Waals surface area contributed by atoms with Crippen molar-refractivity contribution in [1.29, 1.82) is 0 Å². The van der Waals surface area contributed by atoms with Gasteiger partial charge in [-0.25, -0.2) is 0 Å². The predicted octanol–water partition coefficient (Wildman–Crippen LogP) is 6.29. The first-order valence-electron chi connectivity index (χ1n) is 9.31. The van der Waals surface area contributed by atoms with Gasteiger partial charge in [0, 0.05) is 21.2 Å². The van der Waals surface area contributed by atoms with Gasteiger partial charge in [-0.3, -0.25) is 9.13 Å². The fraction of sp³-hybridized carbons (Fsp3) is 0. The van der Waals surface area contributed by atoms with Gasteiger partial charge in [0.05, 0.1) is 0 Å². The molecule has 0 amide bonds. The van der Waals surface area contributed by atoms with Crippen LogP contribution in [-0.4, -0.2) is 0 Å². The Balaban J connectivity index is 1.60. The second-order valence-corrected chi connectivity index (χ2v) is 13.9. The SMILES string of the molecule is O=P(Cl)(c1ccccc1)c1ccc(-c2ccc(P(=O)(Cl)c3ccccc3)cc2)cc1. The molecule has 2 unspecified atom stereocenters. The van der Waals surface area contributed by atoms with E-state index >= 15 is 0 Å². The lowest BCUT2D eigenvalue weighted by molar-refractivity contribution is 0.594. The fourth-order valence-corrected chi connectivity index (χ4v) is 7.35. The molecule has 4 aromatic rings. The summed E-state index contributed by atoms with van der Waals surface area (Å²) in [5, 5.41) is 2.40. The molecule has 150 valence electrons. The molecule has 0 heterocycles. The zero-order chi connectivity index (χ0) is 21.2. The third kappa shape index (κ3) is 4.20. The standard InChI is InChI=1S/C24H18Cl2O2P2/c25-29(27,21-7-3-1-4-8-21)23-15-11-19(12-16-23)20-13-17-24(18-14-20)30(26,28)22-9-5-2-6-10-22/h1-18H. The van der Waals surface area contributed by atoms with Crippen molar-refractivity contribution in [2.24, 2.45) is 0 Å². The minimum absolute atomic E-state index is 0.588. The number of halogens is 2. The molecule has 0 bridgehead atoms. The summed E-state index contributed by atoms with van der Waals surface area (Å²) >= 11 is 12.8. The number of rotatable bonds is 5. The summed E-state index contributed by atoms with van der Waals surface area (Å²) in [5.74, 6) is 0. The Bertz CT molecular complexity index is 1140. The van der Waals surface area contributed by atoms with Crippen molar-refractivity contribution < 1.29 is 9.13 Å². The average Bonchev–Trinajstić information content (AvgIpc) is 2.80. The van der Waals surface area contributed by atoms with Crippen LogP contribution >= 0.6 is 35.5 Å². The van der Waals surface area contributed by atoms with E-state index in [4.69, 9.17) is 22.5 Å². The van der Waals surface area contributed by atoms with Crippen molar-refractivity contribution in [3.05, 3.63) is 109 Å². The molecule has 0 N–H and O–H groups in total. The third-order valence-corrected chi connectivity index (χ3v) is 11.1. The molecule has 0 aliphatic rings. The van der Waals surface area contributed by atoms with Gasteiger partial charge in [-0.15, -0.1) is 0 Å². The second-order valence-electron chi connectivity index (χ2n) is 6.83. The van der Waals surface area contributed by atoms with Gasteiger partial charge >= 0.3 is 0 Å². The normalized spacial score (nSPS) is 15.1. The monoisotopic (exact) mass is 470 g/mol. The topological polar surface area (TPSA) is 34.1 Å². The highest BCUT2D eigenvalue weighted by atomic mass is 35.7. The summed E-state index contributed by atoms with van der Waals surface area (Å²) in [6.45, 7) is -6.31. The van der Waals surface area contributed by atoms with Gasteiger partial charge in [0.2, 0.25) is 13.0 Å². The van der Waals surface area contributed by atoms with E-state index in [1.54, 1.807) is 48.5 Å². The van der Waals surface area contributed by atoms with Crippen molar-refractivity contribution in [2.75, 3.05) is 0 Å². The molecule has 30 heavy (non-hydrogen) atoms. The molecule has 4 rings (SSSR count). The summed E-state index contributed by atoms with van der Waals surface area (Å²) in [6.07, 6.45) is 0. The minimum Gasteiger partial charge on any atom is -0.296 e. The number of benzene rings is 4. The van der Waals surface area contributed by atoms with Gasteiger partial charge in [-0.2, -0.15) is 0 Å². The zero-order valence-corrected chi connectivity index (χ0v) is 19.2. The van der Waals surface area contributed by atoms with Crippen LogP contribution in [0.3, 0.4) is 0 Å². The molecule has 0 aliphatic heterocycles. The van der Waals surface area contributed by atoms with E-state index in [9.17, 15) is 9.13 Å². The van der Waals surface area contributed by atoms with Crippen molar-refractivity contribution in [3.63, 3.8) is 0 Å². The highest BCUT2D eigenvalue weighted by Gasteiger charge is 2.25. The van der Waals surface area contributed by atoms with Gasteiger partial charge in [-0.05, 0) is 57.9 Å². The molecule has 0 aliphatic carbocycles. The van der Waals surface area contributed by atoms with Crippen LogP contribution in [0.25, 0.3) is 11.1 Å². The second kappa shape index (κ2) is 8.58. The molecule has 0 saturated carbocycles.